The van der Waals surface area contributed by atoms with Gasteiger partial charge < -0.3 is 10.1 Å². The summed E-state index contributed by atoms with van der Waals surface area (Å²) >= 11 is 0. The van der Waals surface area contributed by atoms with E-state index in [0.717, 1.165) is 33.5 Å². The van der Waals surface area contributed by atoms with Gasteiger partial charge in [-0.15, -0.1) is 5.10 Å². The van der Waals surface area contributed by atoms with E-state index in [4.69, 9.17) is 10.00 Å². The lowest BCUT2D eigenvalue weighted by Gasteiger charge is -2.11. The van der Waals surface area contributed by atoms with Crippen LogP contribution in [0.3, 0.4) is 0 Å². The smallest absolute Gasteiger partial charge is 0.160 e. The highest BCUT2D eigenvalue weighted by molar-refractivity contribution is 5.94. The van der Waals surface area contributed by atoms with Gasteiger partial charge in [-0.2, -0.15) is 10.4 Å². The molecule has 0 fully saturated rings. The minimum atomic E-state index is 0.622. The van der Waals surface area contributed by atoms with Crippen molar-refractivity contribution in [3.05, 3.63) is 89.6 Å². The third-order valence-corrected chi connectivity index (χ3v) is 4.57. The zero-order chi connectivity index (χ0) is 19.3. The van der Waals surface area contributed by atoms with Crippen LogP contribution in [0.15, 0.2) is 72.8 Å². The van der Waals surface area contributed by atoms with Gasteiger partial charge in [-0.3, -0.25) is 0 Å². The number of methoxy groups -OCH3 is 1. The summed E-state index contributed by atoms with van der Waals surface area (Å²) in [4.78, 5) is 0. The maximum atomic E-state index is 8.94. The molecule has 5 nitrogen and oxygen atoms in total. The molecule has 0 radical (unpaired) electrons. The summed E-state index contributed by atoms with van der Waals surface area (Å²) in [6.45, 7) is 0. The highest BCUT2D eigenvalue weighted by atomic mass is 16.5. The summed E-state index contributed by atoms with van der Waals surface area (Å²) in [6.07, 6.45) is 0.689. The van der Waals surface area contributed by atoms with Crippen molar-refractivity contribution in [1.82, 2.24) is 10.2 Å². The number of hydrogen-bond donors (Lipinski definition) is 1. The van der Waals surface area contributed by atoms with E-state index in [2.05, 4.69) is 27.6 Å². The van der Waals surface area contributed by atoms with Gasteiger partial charge in [0.05, 0.1) is 24.4 Å². The molecule has 0 bridgehead atoms. The second-order valence-corrected chi connectivity index (χ2v) is 6.38. The molecular weight excluding hydrogens is 348 g/mol. The van der Waals surface area contributed by atoms with Crippen molar-refractivity contribution in [1.29, 1.82) is 5.26 Å². The molecule has 0 saturated carbocycles. The summed E-state index contributed by atoms with van der Waals surface area (Å²) in [5.41, 5.74) is 3.55. The first-order chi connectivity index (χ1) is 13.8. The Balaban J connectivity index is 1.66. The van der Waals surface area contributed by atoms with Crippen molar-refractivity contribution in [2.75, 3.05) is 12.4 Å². The molecule has 0 atom stereocenters. The predicted molar refractivity (Wildman–Crippen MR) is 110 cm³/mol. The van der Waals surface area contributed by atoms with Gasteiger partial charge in [0.15, 0.2) is 5.82 Å². The van der Waals surface area contributed by atoms with Crippen LogP contribution < -0.4 is 10.1 Å². The fraction of sp³-hybridized carbons (Fsp3) is 0.0870. The lowest BCUT2D eigenvalue weighted by molar-refractivity contribution is 0.414. The highest BCUT2D eigenvalue weighted by Crippen LogP contribution is 2.27. The Morgan fingerprint density at radius 1 is 0.893 bits per heavy atom. The van der Waals surface area contributed by atoms with E-state index in [1.165, 1.54) is 0 Å². The Labute approximate surface area is 163 Å². The van der Waals surface area contributed by atoms with E-state index >= 15 is 0 Å². The Morgan fingerprint density at radius 3 is 2.29 bits per heavy atom. The van der Waals surface area contributed by atoms with Crippen molar-refractivity contribution in [2.24, 2.45) is 0 Å². The van der Waals surface area contributed by atoms with Crippen molar-refractivity contribution in [2.45, 2.75) is 6.42 Å². The van der Waals surface area contributed by atoms with Crippen molar-refractivity contribution in [3.63, 3.8) is 0 Å². The quantitative estimate of drug-likeness (QED) is 0.547. The molecule has 0 aliphatic carbocycles. The molecule has 0 saturated heterocycles. The van der Waals surface area contributed by atoms with Crippen LogP contribution in [0.5, 0.6) is 5.75 Å². The minimum absolute atomic E-state index is 0.622. The number of nitriles is 1. The van der Waals surface area contributed by atoms with E-state index in [-0.39, 0.29) is 0 Å². The Kier molecular flexibility index (Phi) is 4.85. The van der Waals surface area contributed by atoms with Gasteiger partial charge in [-0.25, -0.2) is 0 Å². The van der Waals surface area contributed by atoms with Crippen LogP contribution in [0.2, 0.25) is 0 Å². The molecule has 4 rings (SSSR count). The summed E-state index contributed by atoms with van der Waals surface area (Å²) in [7, 11) is 1.66. The average molecular weight is 366 g/mol. The third kappa shape index (κ3) is 3.62. The van der Waals surface area contributed by atoms with Gasteiger partial charge in [-0.1, -0.05) is 36.4 Å². The van der Waals surface area contributed by atoms with Crippen LogP contribution in [0.4, 0.5) is 11.5 Å². The molecule has 1 aromatic heterocycles. The molecule has 0 amide bonds. The van der Waals surface area contributed by atoms with Gasteiger partial charge in [-0.05, 0) is 42.0 Å². The van der Waals surface area contributed by atoms with E-state index in [9.17, 15) is 0 Å². The lowest BCUT2D eigenvalue weighted by Crippen LogP contribution is -2.02. The van der Waals surface area contributed by atoms with Crippen LogP contribution in [-0.2, 0) is 6.42 Å². The van der Waals surface area contributed by atoms with Gasteiger partial charge in [0.25, 0.3) is 0 Å². The van der Waals surface area contributed by atoms with Gasteiger partial charge in [0, 0.05) is 22.9 Å². The molecule has 0 unspecified atom stereocenters. The van der Waals surface area contributed by atoms with Crippen LogP contribution in [-0.4, -0.2) is 17.3 Å². The molecule has 0 aliphatic heterocycles. The molecule has 0 aliphatic rings. The molecule has 136 valence electrons. The first-order valence-electron chi connectivity index (χ1n) is 8.91. The number of nitrogens with one attached hydrogen (secondary N) is 1. The standard InChI is InChI=1S/C23H18N4O/c1-28-19-12-8-16(9-13-19)14-22-20-4-2-3-5-21(20)23(27-26-22)25-18-10-6-17(15-24)7-11-18/h2-13H,14H2,1H3,(H,25,27). The average Bonchev–Trinajstić information content (AvgIpc) is 2.76. The second kappa shape index (κ2) is 7.77. The van der Waals surface area contributed by atoms with E-state index in [1.807, 2.05) is 54.6 Å². The van der Waals surface area contributed by atoms with Crippen molar-refractivity contribution >= 4 is 22.3 Å². The minimum Gasteiger partial charge on any atom is -0.497 e. The third-order valence-electron chi connectivity index (χ3n) is 4.57. The molecule has 1 heterocycles. The van der Waals surface area contributed by atoms with Crippen LogP contribution in [0.1, 0.15) is 16.8 Å². The second-order valence-electron chi connectivity index (χ2n) is 6.38. The van der Waals surface area contributed by atoms with E-state index in [0.29, 0.717) is 17.8 Å². The fourth-order valence-electron chi connectivity index (χ4n) is 3.08. The first kappa shape index (κ1) is 17.5. The molecule has 28 heavy (non-hydrogen) atoms. The van der Waals surface area contributed by atoms with Crippen molar-refractivity contribution < 1.29 is 4.74 Å². The number of rotatable bonds is 5. The number of fused-ring (bicyclic) bond motifs is 1. The number of nitrogens with zero attached hydrogens (tertiary/aromatic N) is 3. The number of benzene rings is 3. The van der Waals surface area contributed by atoms with Crippen LogP contribution in [0, 0.1) is 11.3 Å². The first-order valence-corrected chi connectivity index (χ1v) is 8.91. The topological polar surface area (TPSA) is 70.8 Å². The molecule has 0 spiro atoms. The number of hydrogen-bond acceptors (Lipinski definition) is 5. The summed E-state index contributed by atoms with van der Waals surface area (Å²) < 4.78 is 5.22. The van der Waals surface area contributed by atoms with E-state index < -0.39 is 0 Å². The van der Waals surface area contributed by atoms with Crippen LogP contribution >= 0.6 is 0 Å². The molecule has 3 aromatic carbocycles. The number of ether oxygens (including phenoxy) is 1. The Bertz CT molecular complexity index is 1150. The molecule has 1 N–H and O–H groups in total. The van der Waals surface area contributed by atoms with Crippen LogP contribution in [0.25, 0.3) is 10.8 Å². The predicted octanol–water partition coefficient (Wildman–Crippen LogP) is 4.84. The van der Waals surface area contributed by atoms with E-state index in [1.54, 1.807) is 19.2 Å². The highest BCUT2D eigenvalue weighted by Gasteiger charge is 2.10. The summed E-state index contributed by atoms with van der Waals surface area (Å²) in [6, 6.07) is 25.5. The summed E-state index contributed by atoms with van der Waals surface area (Å²) in [5, 5.41) is 23.2. The van der Waals surface area contributed by atoms with Gasteiger partial charge in [0.2, 0.25) is 0 Å². The fourth-order valence-corrected chi connectivity index (χ4v) is 3.08. The zero-order valence-electron chi connectivity index (χ0n) is 15.4. The molecule has 5 heteroatoms. The Morgan fingerprint density at radius 2 is 1.61 bits per heavy atom. The maximum Gasteiger partial charge on any atom is 0.160 e. The Hall–Kier alpha value is -3.91. The molecular formula is C23H18N4O. The van der Waals surface area contributed by atoms with Gasteiger partial charge in [0.1, 0.15) is 5.75 Å². The number of anilines is 2. The monoisotopic (exact) mass is 366 g/mol. The number of aromatic nitrogens is 2. The molecule has 4 aromatic rings. The zero-order valence-corrected chi connectivity index (χ0v) is 15.4. The maximum absolute atomic E-state index is 8.94. The summed E-state index contributed by atoms with van der Waals surface area (Å²) in [5.74, 6) is 1.53. The van der Waals surface area contributed by atoms with Gasteiger partial charge >= 0.3 is 0 Å². The lowest BCUT2D eigenvalue weighted by atomic mass is 10.0. The van der Waals surface area contributed by atoms with Crippen molar-refractivity contribution in [3.8, 4) is 11.8 Å². The SMILES string of the molecule is COc1ccc(Cc2nnc(Nc3ccc(C#N)cc3)c3ccccc23)cc1. The largest absolute Gasteiger partial charge is 0.497 e. The normalized spacial score (nSPS) is 10.4.